The number of aliphatic hydroxyl groups is 1. The molecule has 0 aliphatic carbocycles. The lowest BCUT2D eigenvalue weighted by atomic mass is 10.1. The lowest BCUT2D eigenvalue weighted by molar-refractivity contribution is 0.192. The Kier molecular flexibility index (Phi) is 3.30. The van der Waals surface area contributed by atoms with Crippen LogP contribution in [-0.2, 0) is 0 Å². The first kappa shape index (κ1) is 8.97. The summed E-state index contributed by atoms with van der Waals surface area (Å²) in [5, 5.41) is 12.5. The van der Waals surface area contributed by atoms with Crippen molar-refractivity contribution in [1.82, 2.24) is 10.2 Å². The maximum atomic E-state index is 9.19. The number of rotatable bonds is 3. The van der Waals surface area contributed by atoms with Crippen molar-refractivity contribution in [1.29, 1.82) is 0 Å². The first-order valence-corrected chi connectivity index (χ1v) is 4.24. The molecule has 1 heterocycles. The van der Waals surface area contributed by atoms with Crippen LogP contribution in [0.15, 0.2) is 0 Å². The van der Waals surface area contributed by atoms with Gasteiger partial charge in [0.15, 0.2) is 0 Å². The molecule has 2 N–H and O–H groups in total. The third-order valence-corrected chi connectivity index (χ3v) is 2.12. The van der Waals surface area contributed by atoms with Crippen molar-refractivity contribution < 1.29 is 5.11 Å². The van der Waals surface area contributed by atoms with Gasteiger partial charge in [-0.1, -0.05) is 0 Å². The molecule has 3 heteroatoms. The van der Waals surface area contributed by atoms with Crippen LogP contribution in [0.4, 0.5) is 0 Å². The Balaban J connectivity index is 2.08. The molecule has 0 aromatic heterocycles. The zero-order valence-corrected chi connectivity index (χ0v) is 7.38. The summed E-state index contributed by atoms with van der Waals surface area (Å²) in [6.45, 7) is 1.88. The number of hydrogen-bond donors (Lipinski definition) is 2. The van der Waals surface area contributed by atoms with Crippen molar-refractivity contribution in [2.75, 3.05) is 27.2 Å². The number of hydrogen-bond acceptors (Lipinski definition) is 3. The van der Waals surface area contributed by atoms with E-state index < -0.39 is 0 Å². The molecule has 1 aliphatic rings. The third kappa shape index (κ3) is 3.18. The van der Waals surface area contributed by atoms with Crippen LogP contribution in [-0.4, -0.2) is 49.3 Å². The molecule has 1 aliphatic heterocycles. The minimum absolute atomic E-state index is 0.109. The average Bonchev–Trinajstić information content (AvgIpc) is 2.31. The van der Waals surface area contributed by atoms with Crippen LogP contribution in [0.1, 0.15) is 12.8 Å². The van der Waals surface area contributed by atoms with Gasteiger partial charge in [0.25, 0.3) is 0 Å². The Bertz CT molecular complexity index is 117. The molecule has 66 valence electrons. The van der Waals surface area contributed by atoms with Gasteiger partial charge in [-0.25, -0.2) is 0 Å². The SMILES string of the molecule is CN(C)CCC1CC(O)CN1. The number of nitrogens with one attached hydrogen (secondary N) is 1. The van der Waals surface area contributed by atoms with E-state index in [2.05, 4.69) is 24.3 Å². The Morgan fingerprint density at radius 1 is 1.55 bits per heavy atom. The van der Waals surface area contributed by atoms with Gasteiger partial charge in [0.05, 0.1) is 6.10 Å². The highest BCUT2D eigenvalue weighted by molar-refractivity contribution is 4.81. The smallest absolute Gasteiger partial charge is 0.0679 e. The Hall–Kier alpha value is -0.120. The Morgan fingerprint density at radius 3 is 2.73 bits per heavy atom. The van der Waals surface area contributed by atoms with Crippen molar-refractivity contribution in [3.05, 3.63) is 0 Å². The minimum atomic E-state index is -0.109. The highest BCUT2D eigenvalue weighted by Crippen LogP contribution is 2.09. The lowest BCUT2D eigenvalue weighted by Crippen LogP contribution is -2.26. The molecule has 0 bridgehead atoms. The maximum absolute atomic E-state index is 9.19. The molecule has 3 nitrogen and oxygen atoms in total. The van der Waals surface area contributed by atoms with E-state index in [4.69, 9.17) is 0 Å². The van der Waals surface area contributed by atoms with Gasteiger partial charge in [-0.2, -0.15) is 0 Å². The number of aliphatic hydroxyl groups excluding tert-OH is 1. The molecular weight excluding hydrogens is 140 g/mol. The molecule has 2 unspecified atom stereocenters. The summed E-state index contributed by atoms with van der Waals surface area (Å²) >= 11 is 0. The number of nitrogens with zero attached hydrogens (tertiary/aromatic N) is 1. The van der Waals surface area contributed by atoms with E-state index >= 15 is 0 Å². The van der Waals surface area contributed by atoms with Gasteiger partial charge in [-0.15, -0.1) is 0 Å². The van der Waals surface area contributed by atoms with Crippen molar-refractivity contribution in [2.45, 2.75) is 25.0 Å². The first-order valence-electron chi connectivity index (χ1n) is 4.24. The topological polar surface area (TPSA) is 35.5 Å². The van der Waals surface area contributed by atoms with Crippen LogP contribution in [0.2, 0.25) is 0 Å². The molecule has 1 fully saturated rings. The molecular formula is C8H18N2O. The van der Waals surface area contributed by atoms with E-state index in [0.717, 1.165) is 25.9 Å². The average molecular weight is 158 g/mol. The van der Waals surface area contributed by atoms with Crippen molar-refractivity contribution >= 4 is 0 Å². The van der Waals surface area contributed by atoms with Gasteiger partial charge in [0.1, 0.15) is 0 Å². The quantitative estimate of drug-likeness (QED) is 0.590. The van der Waals surface area contributed by atoms with Crippen molar-refractivity contribution in [3.8, 4) is 0 Å². The molecule has 2 atom stereocenters. The zero-order valence-electron chi connectivity index (χ0n) is 7.38. The van der Waals surface area contributed by atoms with E-state index in [1.807, 2.05) is 0 Å². The first-order chi connectivity index (χ1) is 5.18. The largest absolute Gasteiger partial charge is 0.392 e. The van der Waals surface area contributed by atoms with E-state index in [9.17, 15) is 5.11 Å². The van der Waals surface area contributed by atoms with Crippen molar-refractivity contribution in [3.63, 3.8) is 0 Å². The molecule has 0 aromatic carbocycles. The molecule has 0 radical (unpaired) electrons. The summed E-state index contributed by atoms with van der Waals surface area (Å²) in [7, 11) is 4.15. The van der Waals surface area contributed by atoms with E-state index in [0.29, 0.717) is 6.04 Å². The van der Waals surface area contributed by atoms with Gasteiger partial charge < -0.3 is 15.3 Å². The molecule has 11 heavy (non-hydrogen) atoms. The molecule has 0 saturated carbocycles. The second-order valence-electron chi connectivity index (χ2n) is 3.59. The fraction of sp³-hybridized carbons (Fsp3) is 1.00. The Labute approximate surface area is 68.4 Å². The van der Waals surface area contributed by atoms with Crippen LogP contribution >= 0.6 is 0 Å². The van der Waals surface area contributed by atoms with E-state index in [1.54, 1.807) is 0 Å². The standard InChI is InChI=1S/C8H18N2O/c1-10(2)4-3-7-5-8(11)6-9-7/h7-9,11H,3-6H2,1-2H3. The summed E-state index contributed by atoms with van der Waals surface area (Å²) in [5.74, 6) is 0. The van der Waals surface area contributed by atoms with Crippen LogP contribution in [0.25, 0.3) is 0 Å². The zero-order chi connectivity index (χ0) is 8.27. The van der Waals surface area contributed by atoms with Gasteiger partial charge >= 0.3 is 0 Å². The summed E-state index contributed by atoms with van der Waals surface area (Å²) in [4.78, 5) is 2.17. The van der Waals surface area contributed by atoms with Crippen LogP contribution in [0.3, 0.4) is 0 Å². The highest BCUT2D eigenvalue weighted by Gasteiger charge is 2.21. The Morgan fingerprint density at radius 2 is 2.27 bits per heavy atom. The molecule has 0 spiro atoms. The second kappa shape index (κ2) is 4.04. The fourth-order valence-electron chi connectivity index (χ4n) is 1.43. The molecule has 0 aromatic rings. The van der Waals surface area contributed by atoms with Crippen molar-refractivity contribution in [2.24, 2.45) is 0 Å². The predicted molar refractivity (Wildman–Crippen MR) is 45.6 cm³/mol. The van der Waals surface area contributed by atoms with Gasteiger partial charge in [-0.3, -0.25) is 0 Å². The molecule has 0 amide bonds. The van der Waals surface area contributed by atoms with Crippen LogP contribution in [0.5, 0.6) is 0 Å². The van der Waals surface area contributed by atoms with E-state index in [-0.39, 0.29) is 6.10 Å². The minimum Gasteiger partial charge on any atom is -0.392 e. The monoisotopic (exact) mass is 158 g/mol. The summed E-state index contributed by atoms with van der Waals surface area (Å²) in [6.07, 6.45) is 1.96. The summed E-state index contributed by atoms with van der Waals surface area (Å²) in [5.41, 5.74) is 0. The molecule has 1 saturated heterocycles. The lowest BCUT2D eigenvalue weighted by Gasteiger charge is -2.13. The molecule has 1 rings (SSSR count). The van der Waals surface area contributed by atoms with Gasteiger partial charge in [0.2, 0.25) is 0 Å². The predicted octanol–water partition coefficient (Wildman–Crippen LogP) is -0.339. The summed E-state index contributed by atoms with van der Waals surface area (Å²) in [6, 6.07) is 0.535. The van der Waals surface area contributed by atoms with Gasteiger partial charge in [0, 0.05) is 12.6 Å². The normalized spacial score (nSPS) is 31.6. The van der Waals surface area contributed by atoms with E-state index in [1.165, 1.54) is 0 Å². The number of β-amino-alcohol motifs (C(OH)–C–C–N with tert-alkyl or cyclic N) is 1. The summed E-state index contributed by atoms with van der Waals surface area (Å²) < 4.78 is 0. The van der Waals surface area contributed by atoms with Crippen LogP contribution < -0.4 is 5.32 Å². The second-order valence-corrected chi connectivity index (χ2v) is 3.59. The van der Waals surface area contributed by atoms with Crippen LogP contribution in [0, 0.1) is 0 Å². The fourth-order valence-corrected chi connectivity index (χ4v) is 1.43. The van der Waals surface area contributed by atoms with Gasteiger partial charge in [-0.05, 0) is 33.5 Å². The highest BCUT2D eigenvalue weighted by atomic mass is 16.3. The maximum Gasteiger partial charge on any atom is 0.0679 e. The third-order valence-electron chi connectivity index (χ3n) is 2.12.